The van der Waals surface area contributed by atoms with Gasteiger partial charge in [-0.1, -0.05) is 18.2 Å². The van der Waals surface area contributed by atoms with Gasteiger partial charge in [-0.15, -0.1) is 0 Å². The van der Waals surface area contributed by atoms with Crippen LogP contribution in [0.3, 0.4) is 0 Å². The lowest BCUT2D eigenvalue weighted by molar-refractivity contribution is -0.139. The van der Waals surface area contributed by atoms with Crippen LogP contribution in [0.2, 0.25) is 0 Å². The average Bonchev–Trinajstić information content (AvgIpc) is 2.83. The van der Waals surface area contributed by atoms with Crippen LogP contribution < -0.4 is 4.74 Å². The van der Waals surface area contributed by atoms with E-state index in [1.807, 2.05) is 54.0 Å². The van der Waals surface area contributed by atoms with Gasteiger partial charge in [0.15, 0.2) is 6.61 Å². The second-order valence-corrected chi connectivity index (χ2v) is 8.80. The fourth-order valence-corrected chi connectivity index (χ4v) is 4.95. The zero-order chi connectivity index (χ0) is 22.5. The maximum Gasteiger partial charge on any atom is 0.260 e. The quantitative estimate of drug-likeness (QED) is 0.718. The zero-order valence-electron chi connectivity index (χ0n) is 19.0. The van der Waals surface area contributed by atoms with E-state index in [0.717, 1.165) is 50.1 Å². The van der Waals surface area contributed by atoms with Crippen molar-refractivity contribution in [2.75, 3.05) is 26.2 Å². The van der Waals surface area contributed by atoms with Crippen molar-refractivity contribution < 1.29 is 14.3 Å². The highest BCUT2D eigenvalue weighted by atomic mass is 16.5. The zero-order valence-corrected chi connectivity index (χ0v) is 19.0. The van der Waals surface area contributed by atoms with Gasteiger partial charge in [-0.25, -0.2) is 9.97 Å². The molecule has 0 unspecified atom stereocenters. The van der Waals surface area contributed by atoms with Gasteiger partial charge in [-0.3, -0.25) is 9.59 Å². The number of carbonyl (C=O) groups is 2. The Morgan fingerprint density at radius 1 is 1.03 bits per heavy atom. The Hall–Kier alpha value is -2.96. The first-order valence-electron chi connectivity index (χ1n) is 11.6. The third-order valence-electron chi connectivity index (χ3n) is 6.68. The Morgan fingerprint density at radius 2 is 1.78 bits per heavy atom. The number of nitrogens with zero attached hydrogens (tertiary/aromatic N) is 4. The van der Waals surface area contributed by atoms with Crippen molar-refractivity contribution in [3.8, 4) is 5.75 Å². The molecule has 0 spiro atoms. The number of piperidine rings is 2. The molecule has 2 amide bonds. The molecule has 170 valence electrons. The molecule has 2 aliphatic heterocycles. The van der Waals surface area contributed by atoms with Crippen LogP contribution in [0.4, 0.5) is 0 Å². The summed E-state index contributed by atoms with van der Waals surface area (Å²) in [6.07, 6.45) is 6.67. The van der Waals surface area contributed by atoms with Crippen molar-refractivity contribution >= 4 is 11.8 Å². The molecular weight excluding hydrogens is 404 g/mol. The van der Waals surface area contributed by atoms with Gasteiger partial charge in [-0.05, 0) is 64.0 Å². The second kappa shape index (κ2) is 10.1. The molecule has 0 saturated carbocycles. The van der Waals surface area contributed by atoms with E-state index in [2.05, 4.69) is 9.97 Å². The van der Waals surface area contributed by atoms with Gasteiger partial charge in [0.2, 0.25) is 0 Å². The van der Waals surface area contributed by atoms with E-state index in [4.69, 9.17) is 4.74 Å². The van der Waals surface area contributed by atoms with Crippen molar-refractivity contribution in [1.29, 1.82) is 0 Å². The summed E-state index contributed by atoms with van der Waals surface area (Å²) in [5.41, 5.74) is 1.31. The van der Waals surface area contributed by atoms with Gasteiger partial charge in [0.05, 0.1) is 11.3 Å². The maximum atomic E-state index is 13.0. The van der Waals surface area contributed by atoms with E-state index in [-0.39, 0.29) is 24.5 Å². The topological polar surface area (TPSA) is 75.6 Å². The average molecular weight is 437 g/mol. The van der Waals surface area contributed by atoms with Crippen LogP contribution in [-0.2, 0) is 4.79 Å². The predicted octanol–water partition coefficient (Wildman–Crippen LogP) is 3.41. The number of rotatable bonds is 5. The van der Waals surface area contributed by atoms with Crippen LogP contribution in [0.25, 0.3) is 0 Å². The first kappa shape index (κ1) is 22.2. The molecule has 1 atom stereocenters. The highest BCUT2D eigenvalue weighted by Crippen LogP contribution is 2.31. The molecule has 2 aromatic rings. The molecule has 1 aromatic carbocycles. The molecule has 3 heterocycles. The third kappa shape index (κ3) is 5.09. The van der Waals surface area contributed by atoms with Gasteiger partial charge in [-0.2, -0.15) is 0 Å². The van der Waals surface area contributed by atoms with Crippen LogP contribution in [-0.4, -0.2) is 63.9 Å². The number of aryl methyl sites for hydroxylation is 2. The smallest absolute Gasteiger partial charge is 0.260 e. The molecule has 4 rings (SSSR count). The van der Waals surface area contributed by atoms with E-state index >= 15 is 0 Å². The van der Waals surface area contributed by atoms with Gasteiger partial charge < -0.3 is 14.5 Å². The Labute approximate surface area is 189 Å². The molecule has 0 radical (unpaired) electrons. The Morgan fingerprint density at radius 3 is 2.50 bits per heavy atom. The van der Waals surface area contributed by atoms with Gasteiger partial charge >= 0.3 is 0 Å². The summed E-state index contributed by atoms with van der Waals surface area (Å²) in [4.78, 5) is 38.4. The van der Waals surface area contributed by atoms with Gasteiger partial charge in [0.1, 0.15) is 11.6 Å². The number of carbonyl (C=O) groups excluding carboxylic acids is 2. The van der Waals surface area contributed by atoms with Gasteiger partial charge in [0.25, 0.3) is 11.8 Å². The molecule has 0 N–H and O–H groups in total. The monoisotopic (exact) mass is 436 g/mol. The minimum absolute atomic E-state index is 0.00814. The van der Waals surface area contributed by atoms with Crippen LogP contribution in [0.15, 0.2) is 36.5 Å². The lowest BCUT2D eigenvalue weighted by Crippen LogP contribution is -2.52. The standard InChI is InChI=1S/C25H32N4O3/c1-18-22(16-26-19(2)27-18)25(31)28-14-11-20(12-15-28)23-10-6-7-13-29(23)24(30)17-32-21-8-4-3-5-9-21/h3-5,8-9,16,20,23H,6-7,10-15,17H2,1-2H3/t23-/m1/s1. The maximum absolute atomic E-state index is 13.0. The first-order chi connectivity index (χ1) is 15.5. The Kier molecular flexibility index (Phi) is 7.02. The number of aromatic nitrogens is 2. The number of likely N-dealkylation sites (tertiary alicyclic amines) is 2. The summed E-state index contributed by atoms with van der Waals surface area (Å²) >= 11 is 0. The van der Waals surface area contributed by atoms with Crippen molar-refractivity contribution in [2.45, 2.75) is 52.0 Å². The van der Waals surface area contributed by atoms with E-state index in [0.29, 0.717) is 30.4 Å². The Balaban J connectivity index is 1.34. The molecule has 7 heteroatoms. The number of hydrogen-bond donors (Lipinski definition) is 0. The summed E-state index contributed by atoms with van der Waals surface area (Å²) in [7, 11) is 0. The fourth-order valence-electron chi connectivity index (χ4n) is 4.95. The summed E-state index contributed by atoms with van der Waals surface area (Å²) in [6, 6.07) is 9.71. The second-order valence-electron chi connectivity index (χ2n) is 8.80. The van der Waals surface area contributed by atoms with Crippen molar-refractivity contribution in [3.05, 3.63) is 53.6 Å². The lowest BCUT2D eigenvalue weighted by atomic mass is 9.83. The molecular formula is C25H32N4O3. The lowest BCUT2D eigenvalue weighted by Gasteiger charge is -2.43. The van der Waals surface area contributed by atoms with E-state index in [1.54, 1.807) is 6.20 Å². The minimum atomic E-state index is 0.00814. The van der Waals surface area contributed by atoms with Crippen LogP contribution >= 0.6 is 0 Å². The summed E-state index contributed by atoms with van der Waals surface area (Å²) in [5, 5.41) is 0. The molecule has 2 aliphatic rings. The van der Waals surface area contributed by atoms with Crippen molar-refractivity contribution in [1.82, 2.24) is 19.8 Å². The minimum Gasteiger partial charge on any atom is -0.484 e. The molecule has 2 saturated heterocycles. The van der Waals surface area contributed by atoms with Crippen LogP contribution in [0, 0.1) is 19.8 Å². The first-order valence-corrected chi connectivity index (χ1v) is 11.6. The van der Waals surface area contributed by atoms with Crippen LogP contribution in [0.5, 0.6) is 5.75 Å². The number of hydrogen-bond acceptors (Lipinski definition) is 5. The van der Waals surface area contributed by atoms with E-state index in [1.165, 1.54) is 0 Å². The SMILES string of the molecule is Cc1ncc(C(=O)N2CCC([C@H]3CCCCN3C(=O)COc3ccccc3)CC2)c(C)n1. The third-order valence-corrected chi connectivity index (χ3v) is 6.68. The predicted molar refractivity (Wildman–Crippen MR) is 121 cm³/mol. The van der Waals surface area contributed by atoms with Crippen LogP contribution in [0.1, 0.15) is 54.0 Å². The molecule has 1 aromatic heterocycles. The van der Waals surface area contributed by atoms with Crippen molar-refractivity contribution in [3.63, 3.8) is 0 Å². The molecule has 0 bridgehead atoms. The van der Waals surface area contributed by atoms with E-state index < -0.39 is 0 Å². The number of ether oxygens (including phenoxy) is 1. The number of para-hydroxylation sites is 1. The number of benzene rings is 1. The fraction of sp³-hybridized carbons (Fsp3) is 0.520. The Bertz CT molecular complexity index is 941. The normalized spacial score (nSPS) is 19.6. The molecule has 32 heavy (non-hydrogen) atoms. The molecule has 2 fully saturated rings. The molecule has 0 aliphatic carbocycles. The highest BCUT2D eigenvalue weighted by Gasteiger charge is 2.36. The largest absolute Gasteiger partial charge is 0.484 e. The summed E-state index contributed by atoms with van der Waals surface area (Å²) in [5.74, 6) is 1.88. The highest BCUT2D eigenvalue weighted by molar-refractivity contribution is 5.95. The summed E-state index contributed by atoms with van der Waals surface area (Å²) < 4.78 is 5.72. The van der Waals surface area contributed by atoms with E-state index in [9.17, 15) is 9.59 Å². The van der Waals surface area contributed by atoms with Crippen molar-refractivity contribution in [2.24, 2.45) is 5.92 Å². The van der Waals surface area contributed by atoms with Gasteiger partial charge in [0, 0.05) is 31.9 Å². The summed E-state index contributed by atoms with van der Waals surface area (Å²) in [6.45, 7) is 5.96. The number of amides is 2. The molecule has 7 nitrogen and oxygen atoms in total.